The third kappa shape index (κ3) is 4.92. The standard InChI is InChI=1S/C23H29N3O4/c1-29-19-8-4-15(5-9-19)10-20-22(21(27)14-25-20)30-23(28)26-11-16-2-6-17(7-3-16)18-12-24-13-18/h2-9,18,20-22,24-25,27H,10-14H2,1H3,(H,26,28)/t20-,21+,22+/m1/s1. The molecule has 160 valence electrons. The van der Waals surface area contributed by atoms with Gasteiger partial charge in [0.2, 0.25) is 0 Å². The van der Waals surface area contributed by atoms with Crippen LogP contribution in [0, 0.1) is 0 Å². The maximum atomic E-state index is 12.3. The van der Waals surface area contributed by atoms with E-state index in [4.69, 9.17) is 9.47 Å². The number of β-amino-alcohol motifs (C(OH)–C–C–N with tert-alkyl or cyclic N) is 1. The van der Waals surface area contributed by atoms with Gasteiger partial charge in [-0.05, 0) is 35.2 Å². The number of benzene rings is 2. The van der Waals surface area contributed by atoms with Crippen LogP contribution in [0.2, 0.25) is 0 Å². The van der Waals surface area contributed by atoms with E-state index in [-0.39, 0.29) is 6.04 Å². The predicted molar refractivity (Wildman–Crippen MR) is 114 cm³/mol. The first-order chi connectivity index (χ1) is 14.6. The number of methoxy groups -OCH3 is 1. The number of alkyl carbamates (subject to hydrolysis) is 1. The molecule has 3 atom stereocenters. The van der Waals surface area contributed by atoms with Crippen molar-refractivity contribution < 1.29 is 19.4 Å². The molecule has 0 spiro atoms. The van der Waals surface area contributed by atoms with E-state index in [2.05, 4.69) is 28.1 Å². The van der Waals surface area contributed by atoms with Gasteiger partial charge in [0.1, 0.15) is 18.0 Å². The van der Waals surface area contributed by atoms with Gasteiger partial charge in [-0.25, -0.2) is 4.79 Å². The molecule has 7 heteroatoms. The third-order valence-electron chi connectivity index (χ3n) is 5.89. The maximum absolute atomic E-state index is 12.3. The average Bonchev–Trinajstić information content (AvgIpc) is 3.06. The molecule has 0 bridgehead atoms. The first-order valence-electron chi connectivity index (χ1n) is 10.4. The van der Waals surface area contributed by atoms with Crippen molar-refractivity contribution in [3.05, 3.63) is 65.2 Å². The van der Waals surface area contributed by atoms with Crippen LogP contribution in [0.25, 0.3) is 0 Å². The second kappa shape index (κ2) is 9.47. The Balaban J connectivity index is 1.28. The fourth-order valence-corrected chi connectivity index (χ4v) is 3.91. The van der Waals surface area contributed by atoms with E-state index in [0.29, 0.717) is 25.4 Å². The number of carbonyl (C=O) groups is 1. The summed E-state index contributed by atoms with van der Waals surface area (Å²) in [7, 11) is 1.63. The molecule has 2 fully saturated rings. The fraction of sp³-hybridized carbons (Fsp3) is 0.435. The Hall–Kier alpha value is -2.61. The molecule has 2 saturated heterocycles. The molecule has 0 radical (unpaired) electrons. The van der Waals surface area contributed by atoms with Gasteiger partial charge in [-0.1, -0.05) is 36.4 Å². The molecule has 2 aliphatic heterocycles. The zero-order valence-corrected chi connectivity index (χ0v) is 17.1. The number of hydrogen-bond donors (Lipinski definition) is 4. The monoisotopic (exact) mass is 411 g/mol. The van der Waals surface area contributed by atoms with E-state index in [9.17, 15) is 9.90 Å². The topological polar surface area (TPSA) is 91.8 Å². The molecule has 2 aliphatic rings. The van der Waals surface area contributed by atoms with Crippen LogP contribution < -0.4 is 20.7 Å². The summed E-state index contributed by atoms with van der Waals surface area (Å²) >= 11 is 0. The largest absolute Gasteiger partial charge is 0.497 e. The molecule has 1 amide bonds. The highest BCUT2D eigenvalue weighted by atomic mass is 16.6. The predicted octanol–water partition coefficient (Wildman–Crippen LogP) is 1.55. The van der Waals surface area contributed by atoms with Crippen LogP contribution in [-0.4, -0.2) is 56.2 Å². The summed E-state index contributed by atoms with van der Waals surface area (Å²) < 4.78 is 10.8. The van der Waals surface area contributed by atoms with E-state index >= 15 is 0 Å². The van der Waals surface area contributed by atoms with Crippen LogP contribution in [0.15, 0.2) is 48.5 Å². The van der Waals surface area contributed by atoms with E-state index in [1.165, 1.54) is 5.56 Å². The Labute approximate surface area is 176 Å². The van der Waals surface area contributed by atoms with Gasteiger partial charge in [0.15, 0.2) is 0 Å². The lowest BCUT2D eigenvalue weighted by atomic mass is 9.93. The summed E-state index contributed by atoms with van der Waals surface area (Å²) in [6.07, 6.45) is -1.19. The van der Waals surface area contributed by atoms with Gasteiger partial charge >= 0.3 is 6.09 Å². The summed E-state index contributed by atoms with van der Waals surface area (Å²) in [5.41, 5.74) is 3.42. The van der Waals surface area contributed by atoms with Crippen molar-refractivity contribution in [2.75, 3.05) is 26.7 Å². The number of hydrogen-bond acceptors (Lipinski definition) is 6. The number of nitrogens with one attached hydrogen (secondary N) is 3. The van der Waals surface area contributed by atoms with Crippen molar-refractivity contribution >= 4 is 6.09 Å². The highest BCUT2D eigenvalue weighted by Crippen LogP contribution is 2.21. The highest BCUT2D eigenvalue weighted by Gasteiger charge is 2.37. The van der Waals surface area contributed by atoms with Gasteiger partial charge in [0.25, 0.3) is 0 Å². The molecular weight excluding hydrogens is 382 g/mol. The Kier molecular flexibility index (Phi) is 6.52. The van der Waals surface area contributed by atoms with Crippen LogP contribution in [0.4, 0.5) is 4.79 Å². The first kappa shape index (κ1) is 20.7. The summed E-state index contributed by atoms with van der Waals surface area (Å²) in [5.74, 6) is 1.39. The second-order valence-corrected chi connectivity index (χ2v) is 7.95. The van der Waals surface area contributed by atoms with Crippen molar-refractivity contribution in [2.24, 2.45) is 0 Å². The average molecular weight is 412 g/mol. The van der Waals surface area contributed by atoms with Gasteiger partial charge in [-0.2, -0.15) is 0 Å². The molecule has 0 aliphatic carbocycles. The van der Waals surface area contributed by atoms with Gasteiger partial charge in [0.05, 0.1) is 13.2 Å². The molecule has 2 aromatic rings. The van der Waals surface area contributed by atoms with Crippen molar-refractivity contribution in [2.45, 2.75) is 37.1 Å². The van der Waals surface area contributed by atoms with E-state index < -0.39 is 18.3 Å². The number of rotatable bonds is 7. The summed E-state index contributed by atoms with van der Waals surface area (Å²) in [6, 6.07) is 15.9. The zero-order valence-electron chi connectivity index (χ0n) is 17.1. The van der Waals surface area contributed by atoms with Gasteiger partial charge in [-0.15, -0.1) is 0 Å². The molecular formula is C23H29N3O4. The molecule has 0 saturated carbocycles. The molecule has 4 N–H and O–H groups in total. The van der Waals surface area contributed by atoms with Crippen molar-refractivity contribution in [3.63, 3.8) is 0 Å². The van der Waals surface area contributed by atoms with Gasteiger partial charge in [-0.3, -0.25) is 0 Å². The molecule has 0 unspecified atom stereocenters. The van der Waals surface area contributed by atoms with Crippen LogP contribution in [-0.2, 0) is 17.7 Å². The van der Waals surface area contributed by atoms with E-state index in [0.717, 1.165) is 30.0 Å². The Morgan fingerprint density at radius 3 is 2.40 bits per heavy atom. The van der Waals surface area contributed by atoms with E-state index in [1.54, 1.807) is 7.11 Å². The van der Waals surface area contributed by atoms with Crippen molar-refractivity contribution in [1.82, 2.24) is 16.0 Å². The Bertz CT molecular complexity index is 837. The molecule has 2 aromatic carbocycles. The lowest BCUT2D eigenvalue weighted by molar-refractivity contribution is 0.0188. The van der Waals surface area contributed by atoms with Gasteiger partial charge < -0.3 is 30.5 Å². The summed E-state index contributed by atoms with van der Waals surface area (Å²) in [6.45, 7) is 2.84. The van der Waals surface area contributed by atoms with Crippen LogP contribution >= 0.6 is 0 Å². The zero-order chi connectivity index (χ0) is 20.9. The first-order valence-corrected chi connectivity index (χ1v) is 10.4. The molecule has 30 heavy (non-hydrogen) atoms. The normalized spacial score (nSPS) is 23.6. The van der Waals surface area contributed by atoms with Crippen LogP contribution in [0.1, 0.15) is 22.6 Å². The van der Waals surface area contributed by atoms with E-state index in [1.807, 2.05) is 36.4 Å². The molecule has 0 aromatic heterocycles. The maximum Gasteiger partial charge on any atom is 0.407 e. The van der Waals surface area contributed by atoms with Crippen molar-refractivity contribution in [3.8, 4) is 5.75 Å². The lowest BCUT2D eigenvalue weighted by Gasteiger charge is -2.27. The number of ether oxygens (including phenoxy) is 2. The lowest BCUT2D eigenvalue weighted by Crippen LogP contribution is -2.41. The van der Waals surface area contributed by atoms with Gasteiger partial charge in [0, 0.05) is 32.1 Å². The molecule has 4 rings (SSSR count). The van der Waals surface area contributed by atoms with Crippen LogP contribution in [0.3, 0.4) is 0 Å². The number of amides is 1. The minimum absolute atomic E-state index is 0.144. The quantitative estimate of drug-likeness (QED) is 0.553. The van der Waals surface area contributed by atoms with Crippen molar-refractivity contribution in [1.29, 1.82) is 0 Å². The fourth-order valence-electron chi connectivity index (χ4n) is 3.91. The second-order valence-electron chi connectivity index (χ2n) is 7.95. The molecule has 7 nitrogen and oxygen atoms in total. The minimum Gasteiger partial charge on any atom is -0.497 e. The Morgan fingerprint density at radius 2 is 1.77 bits per heavy atom. The summed E-state index contributed by atoms with van der Waals surface area (Å²) in [5, 5.41) is 19.6. The third-order valence-corrected chi connectivity index (χ3v) is 5.89. The Morgan fingerprint density at radius 1 is 1.07 bits per heavy atom. The number of aliphatic hydroxyl groups is 1. The SMILES string of the molecule is COc1ccc(C[C@H]2NC[C@H](O)[C@H]2OC(=O)NCc2ccc(C3CNC3)cc2)cc1. The number of aliphatic hydroxyl groups excluding tert-OH is 1. The molecule has 2 heterocycles. The highest BCUT2D eigenvalue weighted by molar-refractivity contribution is 5.67. The number of carbonyl (C=O) groups excluding carboxylic acids is 1. The summed E-state index contributed by atoms with van der Waals surface area (Å²) in [4.78, 5) is 12.3. The minimum atomic E-state index is -0.727. The smallest absolute Gasteiger partial charge is 0.407 e. The van der Waals surface area contributed by atoms with Crippen LogP contribution in [0.5, 0.6) is 5.75 Å².